The molecule has 1 aliphatic rings. The van der Waals surface area contributed by atoms with Gasteiger partial charge in [-0.25, -0.2) is 0 Å². The molecule has 0 atom stereocenters. The molecule has 0 saturated carbocycles. The van der Waals surface area contributed by atoms with Crippen molar-refractivity contribution in [1.29, 1.82) is 0 Å². The van der Waals surface area contributed by atoms with Crippen molar-refractivity contribution in [3.8, 4) is 5.75 Å². The van der Waals surface area contributed by atoms with Gasteiger partial charge in [0.1, 0.15) is 16.9 Å². The van der Waals surface area contributed by atoms with E-state index < -0.39 is 0 Å². The van der Waals surface area contributed by atoms with E-state index in [1.807, 2.05) is 37.3 Å². The Balaban J connectivity index is 1.43. The Labute approximate surface area is 174 Å². The third kappa shape index (κ3) is 4.11. The van der Waals surface area contributed by atoms with Crippen LogP contribution in [0, 0.1) is 5.92 Å². The van der Waals surface area contributed by atoms with Crippen LogP contribution in [0.2, 0.25) is 0 Å². The van der Waals surface area contributed by atoms with Crippen LogP contribution in [0.1, 0.15) is 19.8 Å². The monoisotopic (exact) mass is 410 g/mol. The number of anilines is 1. The fourth-order valence-electron chi connectivity index (χ4n) is 4.00. The molecular formula is C23H26N2O5. The van der Waals surface area contributed by atoms with E-state index in [9.17, 15) is 9.59 Å². The second-order valence-corrected chi connectivity index (χ2v) is 7.50. The third-order valence-electron chi connectivity index (χ3n) is 5.55. The zero-order chi connectivity index (χ0) is 21.1. The Morgan fingerprint density at radius 3 is 2.63 bits per heavy atom. The summed E-state index contributed by atoms with van der Waals surface area (Å²) in [5.74, 6) is 0.257. The molecule has 1 fully saturated rings. The number of nitrogens with zero attached hydrogens (tertiary/aromatic N) is 1. The lowest BCUT2D eigenvalue weighted by Crippen LogP contribution is -2.41. The molecule has 1 saturated heterocycles. The van der Waals surface area contributed by atoms with Gasteiger partial charge in [0.15, 0.2) is 0 Å². The summed E-state index contributed by atoms with van der Waals surface area (Å²) < 4.78 is 16.5. The Bertz CT molecular complexity index is 1070. The Morgan fingerprint density at radius 2 is 1.90 bits per heavy atom. The number of carbonyl (C=O) groups is 2. The summed E-state index contributed by atoms with van der Waals surface area (Å²) in [4.78, 5) is 26.6. The van der Waals surface area contributed by atoms with Crippen molar-refractivity contribution in [3.05, 3.63) is 36.4 Å². The maximum atomic E-state index is 12.6. The molecule has 1 aliphatic heterocycles. The Morgan fingerprint density at radius 1 is 1.13 bits per heavy atom. The van der Waals surface area contributed by atoms with Crippen LogP contribution >= 0.6 is 0 Å². The molecule has 30 heavy (non-hydrogen) atoms. The predicted octanol–water partition coefficient (Wildman–Crippen LogP) is 3.81. The van der Waals surface area contributed by atoms with Crippen LogP contribution < -0.4 is 10.1 Å². The molecule has 1 aromatic heterocycles. The first kappa shape index (κ1) is 20.2. The topological polar surface area (TPSA) is 81.0 Å². The van der Waals surface area contributed by atoms with Gasteiger partial charge in [-0.1, -0.05) is 18.2 Å². The van der Waals surface area contributed by atoms with Crippen molar-refractivity contribution in [2.75, 3.05) is 38.7 Å². The molecule has 0 radical (unpaired) electrons. The highest BCUT2D eigenvalue weighted by Crippen LogP contribution is 2.36. The number of carbonyl (C=O) groups excluding carboxylic acids is 2. The molecular weight excluding hydrogens is 384 g/mol. The van der Waals surface area contributed by atoms with Crippen LogP contribution in [-0.4, -0.2) is 50.1 Å². The fourth-order valence-corrected chi connectivity index (χ4v) is 4.00. The summed E-state index contributed by atoms with van der Waals surface area (Å²) in [6, 6.07) is 11.5. The number of furan rings is 1. The van der Waals surface area contributed by atoms with Crippen LogP contribution in [0.5, 0.6) is 5.75 Å². The van der Waals surface area contributed by atoms with Gasteiger partial charge in [-0.15, -0.1) is 0 Å². The van der Waals surface area contributed by atoms with E-state index >= 15 is 0 Å². The van der Waals surface area contributed by atoms with E-state index in [1.165, 1.54) is 0 Å². The molecule has 0 aliphatic carbocycles. The van der Waals surface area contributed by atoms with Gasteiger partial charge in [-0.3, -0.25) is 14.5 Å². The van der Waals surface area contributed by atoms with Crippen molar-refractivity contribution in [2.45, 2.75) is 19.8 Å². The summed E-state index contributed by atoms with van der Waals surface area (Å²) in [5.41, 5.74) is 2.07. The molecule has 7 nitrogen and oxygen atoms in total. The minimum Gasteiger partial charge on any atom is -0.495 e. The van der Waals surface area contributed by atoms with Crippen molar-refractivity contribution in [1.82, 2.24) is 4.90 Å². The molecule has 1 N–H and O–H groups in total. The molecule has 2 aromatic carbocycles. The van der Waals surface area contributed by atoms with Gasteiger partial charge in [0.2, 0.25) is 5.91 Å². The SMILES string of the molecule is CCOC(=O)C1CCN(CC(=O)Nc2cc3oc4ccccc4c3cc2OC)CC1. The van der Waals surface area contributed by atoms with Gasteiger partial charge in [0.05, 0.1) is 31.9 Å². The number of para-hydroxylation sites is 1. The largest absolute Gasteiger partial charge is 0.495 e. The fraction of sp³-hybridized carbons (Fsp3) is 0.391. The van der Waals surface area contributed by atoms with Gasteiger partial charge in [0.25, 0.3) is 0 Å². The van der Waals surface area contributed by atoms with E-state index in [0.717, 1.165) is 16.4 Å². The zero-order valence-electron chi connectivity index (χ0n) is 17.3. The number of esters is 1. The first-order valence-electron chi connectivity index (χ1n) is 10.3. The number of ether oxygens (including phenoxy) is 2. The van der Waals surface area contributed by atoms with Gasteiger partial charge in [-0.05, 0) is 45.0 Å². The number of rotatable bonds is 6. The maximum Gasteiger partial charge on any atom is 0.309 e. The summed E-state index contributed by atoms with van der Waals surface area (Å²) >= 11 is 0. The molecule has 0 bridgehead atoms. The average Bonchev–Trinajstić information content (AvgIpc) is 3.11. The molecule has 158 valence electrons. The van der Waals surface area contributed by atoms with Crippen molar-refractivity contribution < 1.29 is 23.5 Å². The lowest BCUT2D eigenvalue weighted by Gasteiger charge is -2.30. The van der Waals surface area contributed by atoms with Gasteiger partial charge in [0, 0.05) is 16.8 Å². The van der Waals surface area contributed by atoms with E-state index in [1.54, 1.807) is 13.2 Å². The summed E-state index contributed by atoms with van der Waals surface area (Å²) in [6.45, 7) is 3.86. The number of fused-ring (bicyclic) bond motifs is 3. The number of hydrogen-bond acceptors (Lipinski definition) is 6. The number of piperidine rings is 1. The molecule has 2 heterocycles. The van der Waals surface area contributed by atoms with Crippen LogP contribution in [0.3, 0.4) is 0 Å². The number of hydrogen-bond donors (Lipinski definition) is 1. The van der Waals surface area contributed by atoms with Crippen molar-refractivity contribution in [3.63, 3.8) is 0 Å². The lowest BCUT2D eigenvalue weighted by molar-refractivity contribution is -0.149. The molecule has 0 spiro atoms. The average molecular weight is 410 g/mol. The number of amides is 1. The number of benzene rings is 2. The minimum atomic E-state index is -0.134. The highest BCUT2D eigenvalue weighted by atomic mass is 16.5. The van der Waals surface area contributed by atoms with Crippen LogP contribution in [-0.2, 0) is 14.3 Å². The third-order valence-corrected chi connectivity index (χ3v) is 5.55. The van der Waals surface area contributed by atoms with Crippen LogP contribution in [0.25, 0.3) is 21.9 Å². The van der Waals surface area contributed by atoms with Crippen molar-refractivity contribution in [2.24, 2.45) is 5.92 Å². The molecule has 7 heteroatoms. The highest BCUT2D eigenvalue weighted by molar-refractivity contribution is 6.07. The van der Waals surface area contributed by atoms with Gasteiger partial charge >= 0.3 is 5.97 Å². The minimum absolute atomic E-state index is 0.0696. The second-order valence-electron chi connectivity index (χ2n) is 7.50. The van der Waals surface area contributed by atoms with Gasteiger partial charge < -0.3 is 19.2 Å². The standard InChI is InChI=1S/C23H26N2O5/c1-3-29-23(27)15-8-10-25(11-9-15)14-22(26)24-18-13-20-17(12-21(18)28-2)16-6-4-5-7-19(16)30-20/h4-7,12-13,15H,3,8-11,14H2,1-2H3,(H,24,26). The van der Waals surface area contributed by atoms with Crippen molar-refractivity contribution >= 4 is 39.5 Å². The Hall–Kier alpha value is -3.06. The Kier molecular flexibility index (Phi) is 5.90. The maximum absolute atomic E-state index is 12.6. The van der Waals surface area contributed by atoms with Crippen LogP contribution in [0.4, 0.5) is 5.69 Å². The first-order chi connectivity index (χ1) is 14.6. The zero-order valence-corrected chi connectivity index (χ0v) is 17.3. The van der Waals surface area contributed by atoms with E-state index in [-0.39, 0.29) is 24.3 Å². The summed E-state index contributed by atoms with van der Waals surface area (Å²) in [5, 5.41) is 4.90. The molecule has 0 unspecified atom stereocenters. The molecule has 4 rings (SSSR count). The highest BCUT2D eigenvalue weighted by Gasteiger charge is 2.27. The first-order valence-corrected chi connectivity index (χ1v) is 10.3. The smallest absolute Gasteiger partial charge is 0.309 e. The summed E-state index contributed by atoms with van der Waals surface area (Å²) in [7, 11) is 1.58. The summed E-state index contributed by atoms with van der Waals surface area (Å²) in [6.07, 6.45) is 1.42. The quantitative estimate of drug-likeness (QED) is 0.623. The van der Waals surface area contributed by atoms with E-state index in [2.05, 4.69) is 10.2 Å². The molecule has 1 amide bonds. The number of methoxy groups -OCH3 is 1. The lowest BCUT2D eigenvalue weighted by atomic mass is 9.97. The normalized spacial score (nSPS) is 15.4. The van der Waals surface area contributed by atoms with E-state index in [4.69, 9.17) is 13.9 Å². The predicted molar refractivity (Wildman–Crippen MR) is 115 cm³/mol. The molecule has 3 aromatic rings. The van der Waals surface area contributed by atoms with E-state index in [0.29, 0.717) is 49.6 Å². The number of nitrogens with one attached hydrogen (secondary N) is 1. The number of likely N-dealkylation sites (tertiary alicyclic amines) is 1. The second kappa shape index (κ2) is 8.75. The van der Waals surface area contributed by atoms with Crippen LogP contribution in [0.15, 0.2) is 40.8 Å². The van der Waals surface area contributed by atoms with Gasteiger partial charge in [-0.2, -0.15) is 0 Å².